The van der Waals surface area contributed by atoms with E-state index in [0.717, 1.165) is 29.5 Å². The van der Waals surface area contributed by atoms with Crippen molar-refractivity contribution in [2.75, 3.05) is 13.1 Å². The van der Waals surface area contributed by atoms with Gasteiger partial charge in [0.1, 0.15) is 0 Å². The normalized spacial score (nSPS) is 19.9. The number of hydrogen-bond acceptors (Lipinski definition) is 1. The monoisotopic (exact) mass is 377 g/mol. The Morgan fingerprint density at radius 2 is 2.33 bits per heavy atom. The maximum Gasteiger partial charge on any atom is 0.253 e. The average molecular weight is 378 g/mol. The van der Waals surface area contributed by atoms with Gasteiger partial charge in [0.2, 0.25) is 0 Å². The van der Waals surface area contributed by atoms with E-state index in [1.807, 2.05) is 17.0 Å². The molecule has 1 aromatic rings. The van der Waals surface area contributed by atoms with Gasteiger partial charge in [-0.2, -0.15) is 0 Å². The number of rotatable bonds is 2. The lowest BCUT2D eigenvalue weighted by molar-refractivity contribution is 0.0671. The molecule has 0 aliphatic carbocycles. The molecule has 1 amide bonds. The Morgan fingerprint density at radius 3 is 3.00 bits per heavy atom. The highest BCUT2D eigenvalue weighted by molar-refractivity contribution is 14.1. The van der Waals surface area contributed by atoms with Gasteiger partial charge in [-0.05, 0) is 59.5 Å². The lowest BCUT2D eigenvalue weighted by Gasteiger charge is -2.32. The largest absolute Gasteiger partial charge is 0.338 e. The van der Waals surface area contributed by atoms with E-state index in [4.69, 9.17) is 11.6 Å². The Labute approximate surface area is 127 Å². The molecule has 4 heteroatoms. The third kappa shape index (κ3) is 3.18. The van der Waals surface area contributed by atoms with Crippen LogP contribution in [0.1, 0.15) is 36.5 Å². The van der Waals surface area contributed by atoms with Crippen LogP contribution in [0.2, 0.25) is 5.02 Å². The molecule has 1 aliphatic heterocycles. The number of hydrogen-bond donors (Lipinski definition) is 0. The fourth-order valence-corrected chi connectivity index (χ4v) is 2.91. The first-order valence-corrected chi connectivity index (χ1v) is 7.81. The molecule has 1 aliphatic rings. The third-order valence-electron chi connectivity index (χ3n) is 3.55. The van der Waals surface area contributed by atoms with Crippen LogP contribution in [0.4, 0.5) is 0 Å². The molecule has 18 heavy (non-hydrogen) atoms. The number of carbonyl (C=O) groups is 1. The van der Waals surface area contributed by atoms with Gasteiger partial charge in [-0.1, -0.05) is 24.9 Å². The molecule has 98 valence electrons. The van der Waals surface area contributed by atoms with Crippen molar-refractivity contribution in [3.05, 3.63) is 32.4 Å². The van der Waals surface area contributed by atoms with Crippen LogP contribution in [0.15, 0.2) is 18.2 Å². The second-order valence-electron chi connectivity index (χ2n) is 4.80. The fraction of sp³-hybridized carbons (Fsp3) is 0.500. The summed E-state index contributed by atoms with van der Waals surface area (Å²) in [6, 6.07) is 5.55. The molecule has 0 radical (unpaired) electrons. The van der Waals surface area contributed by atoms with E-state index in [9.17, 15) is 4.79 Å². The summed E-state index contributed by atoms with van der Waals surface area (Å²) in [4.78, 5) is 14.4. The zero-order chi connectivity index (χ0) is 13.1. The van der Waals surface area contributed by atoms with E-state index < -0.39 is 0 Å². The second kappa shape index (κ2) is 6.24. The van der Waals surface area contributed by atoms with Gasteiger partial charge in [0, 0.05) is 22.2 Å². The summed E-state index contributed by atoms with van der Waals surface area (Å²) < 4.78 is 0.982. The van der Waals surface area contributed by atoms with Crippen LogP contribution in [0.25, 0.3) is 0 Å². The van der Waals surface area contributed by atoms with Crippen LogP contribution < -0.4 is 0 Å². The number of carbonyl (C=O) groups excluding carboxylic acids is 1. The van der Waals surface area contributed by atoms with Crippen LogP contribution in [0.3, 0.4) is 0 Å². The molecular weight excluding hydrogens is 361 g/mol. The predicted octanol–water partition coefficient (Wildman–Crippen LogP) is 4.21. The van der Waals surface area contributed by atoms with E-state index in [1.54, 1.807) is 6.07 Å². The lowest BCUT2D eigenvalue weighted by Crippen LogP contribution is -2.39. The van der Waals surface area contributed by atoms with Gasteiger partial charge in [-0.3, -0.25) is 4.79 Å². The van der Waals surface area contributed by atoms with Crippen molar-refractivity contribution in [3.8, 4) is 0 Å². The van der Waals surface area contributed by atoms with Gasteiger partial charge in [-0.25, -0.2) is 0 Å². The third-order valence-corrected chi connectivity index (χ3v) is 5.12. The Bertz CT molecular complexity index is 449. The number of piperidine rings is 1. The van der Waals surface area contributed by atoms with Crippen LogP contribution in [-0.4, -0.2) is 23.9 Å². The maximum atomic E-state index is 12.4. The van der Waals surface area contributed by atoms with Crippen molar-refractivity contribution in [3.63, 3.8) is 0 Å². The maximum absolute atomic E-state index is 12.4. The van der Waals surface area contributed by atoms with Gasteiger partial charge in [-0.15, -0.1) is 0 Å². The Kier molecular flexibility index (Phi) is 4.90. The van der Waals surface area contributed by atoms with E-state index in [1.165, 1.54) is 6.42 Å². The van der Waals surface area contributed by atoms with Crippen molar-refractivity contribution in [2.24, 2.45) is 5.92 Å². The molecule has 2 nitrogen and oxygen atoms in total. The van der Waals surface area contributed by atoms with Crippen molar-refractivity contribution >= 4 is 40.1 Å². The van der Waals surface area contributed by atoms with Crippen molar-refractivity contribution < 1.29 is 4.79 Å². The molecule has 1 atom stereocenters. The lowest BCUT2D eigenvalue weighted by atomic mass is 9.95. The summed E-state index contributed by atoms with van der Waals surface area (Å²) in [5.74, 6) is 0.772. The minimum absolute atomic E-state index is 0.117. The molecule has 2 rings (SSSR count). The number of likely N-dealkylation sites (tertiary alicyclic amines) is 1. The molecule has 1 aromatic carbocycles. The van der Waals surface area contributed by atoms with Crippen molar-refractivity contribution in [1.29, 1.82) is 0 Å². The minimum Gasteiger partial charge on any atom is -0.338 e. The highest BCUT2D eigenvalue weighted by Gasteiger charge is 2.23. The molecule has 0 spiro atoms. The Hall–Kier alpha value is -0.290. The first-order valence-electron chi connectivity index (χ1n) is 6.36. The molecule has 1 heterocycles. The van der Waals surface area contributed by atoms with Gasteiger partial charge >= 0.3 is 0 Å². The van der Waals surface area contributed by atoms with Crippen molar-refractivity contribution in [1.82, 2.24) is 4.90 Å². The molecule has 1 fully saturated rings. The number of halogens is 2. The average Bonchev–Trinajstić information content (AvgIpc) is 2.41. The van der Waals surface area contributed by atoms with Crippen molar-refractivity contribution in [2.45, 2.75) is 26.2 Å². The Balaban J connectivity index is 2.12. The predicted molar refractivity (Wildman–Crippen MR) is 83.1 cm³/mol. The smallest absolute Gasteiger partial charge is 0.253 e. The van der Waals surface area contributed by atoms with Gasteiger partial charge in [0.05, 0.1) is 5.02 Å². The molecule has 1 unspecified atom stereocenters. The second-order valence-corrected chi connectivity index (χ2v) is 6.37. The summed E-state index contributed by atoms with van der Waals surface area (Å²) >= 11 is 8.25. The quantitative estimate of drug-likeness (QED) is 0.707. The van der Waals surface area contributed by atoms with E-state index >= 15 is 0 Å². The topological polar surface area (TPSA) is 20.3 Å². The molecule has 0 bridgehead atoms. The summed E-state index contributed by atoms with van der Waals surface area (Å²) in [7, 11) is 0. The van der Waals surface area contributed by atoms with Crippen LogP contribution in [-0.2, 0) is 0 Å². The van der Waals surface area contributed by atoms with E-state index in [2.05, 4.69) is 29.5 Å². The molecule has 0 N–H and O–H groups in total. The summed E-state index contributed by atoms with van der Waals surface area (Å²) in [5.41, 5.74) is 0.706. The Morgan fingerprint density at radius 1 is 1.56 bits per heavy atom. The zero-order valence-corrected chi connectivity index (χ0v) is 13.4. The first-order chi connectivity index (χ1) is 8.61. The van der Waals surface area contributed by atoms with E-state index in [0.29, 0.717) is 16.5 Å². The standard InChI is InChI=1S/C14H17ClINO/c1-2-10-4-3-7-17(9-10)14(18)11-5-6-13(16)12(15)8-11/h5-6,8,10H,2-4,7,9H2,1H3. The van der Waals surface area contributed by atoms with Gasteiger partial charge < -0.3 is 4.90 Å². The minimum atomic E-state index is 0.117. The molecule has 1 saturated heterocycles. The number of amides is 1. The summed E-state index contributed by atoms with van der Waals surface area (Å²) in [6.07, 6.45) is 3.51. The number of nitrogens with zero attached hydrogens (tertiary/aromatic N) is 1. The fourth-order valence-electron chi connectivity index (χ4n) is 2.39. The SMILES string of the molecule is CCC1CCCN(C(=O)c2ccc(I)c(Cl)c2)C1. The van der Waals surface area contributed by atoms with E-state index in [-0.39, 0.29) is 5.91 Å². The van der Waals surface area contributed by atoms with Gasteiger partial charge in [0.25, 0.3) is 5.91 Å². The van der Waals surface area contributed by atoms with Gasteiger partial charge in [0.15, 0.2) is 0 Å². The molecule has 0 saturated carbocycles. The zero-order valence-electron chi connectivity index (χ0n) is 10.5. The van der Waals surface area contributed by atoms with Crippen LogP contribution in [0.5, 0.6) is 0 Å². The molecule has 0 aromatic heterocycles. The van der Waals surface area contributed by atoms with Crippen LogP contribution in [0, 0.1) is 9.49 Å². The van der Waals surface area contributed by atoms with Crippen LogP contribution >= 0.6 is 34.2 Å². The number of benzene rings is 1. The highest BCUT2D eigenvalue weighted by atomic mass is 127. The highest BCUT2D eigenvalue weighted by Crippen LogP contribution is 2.23. The summed E-state index contributed by atoms with van der Waals surface area (Å²) in [6.45, 7) is 3.96. The first kappa shape index (κ1) is 14.1. The summed E-state index contributed by atoms with van der Waals surface area (Å²) in [5, 5.41) is 0.658. The molecular formula is C14H17ClINO.